The molecule has 4 heteroatoms. The van der Waals surface area contributed by atoms with E-state index in [-0.39, 0.29) is 5.82 Å². The van der Waals surface area contributed by atoms with Crippen LogP contribution < -0.4 is 4.74 Å². The van der Waals surface area contributed by atoms with Gasteiger partial charge in [0, 0.05) is 9.50 Å². The predicted molar refractivity (Wildman–Crippen MR) is 74.6 cm³/mol. The van der Waals surface area contributed by atoms with Gasteiger partial charge in [-0.3, -0.25) is 0 Å². The molecular formula is C14H11BrClFO. The molecule has 0 atom stereocenters. The minimum absolute atomic E-state index is 0.282. The van der Waals surface area contributed by atoms with Crippen LogP contribution in [-0.4, -0.2) is 0 Å². The number of halogens is 3. The van der Waals surface area contributed by atoms with Gasteiger partial charge in [-0.05, 0) is 54.4 Å². The molecule has 0 radical (unpaired) electrons. The molecule has 1 nitrogen and oxygen atoms in total. The second kappa shape index (κ2) is 5.72. The number of benzene rings is 2. The van der Waals surface area contributed by atoms with Gasteiger partial charge in [0.05, 0.1) is 0 Å². The molecule has 0 heterocycles. The average Bonchev–Trinajstić information content (AvgIpc) is 2.29. The molecule has 0 bridgehead atoms. The van der Waals surface area contributed by atoms with Gasteiger partial charge in [-0.1, -0.05) is 27.5 Å². The molecule has 0 aliphatic rings. The van der Waals surface area contributed by atoms with E-state index in [4.69, 9.17) is 16.3 Å². The molecule has 0 N–H and O–H groups in total. The molecule has 0 fully saturated rings. The largest absolute Gasteiger partial charge is 0.489 e. The summed E-state index contributed by atoms with van der Waals surface area (Å²) in [6, 6.07) is 10.1. The van der Waals surface area contributed by atoms with Crippen molar-refractivity contribution in [2.24, 2.45) is 0 Å². The van der Waals surface area contributed by atoms with E-state index in [0.717, 1.165) is 16.9 Å². The lowest BCUT2D eigenvalue weighted by molar-refractivity contribution is 0.305. The zero-order valence-electron chi connectivity index (χ0n) is 9.71. The van der Waals surface area contributed by atoms with E-state index in [0.29, 0.717) is 16.1 Å². The molecule has 0 saturated heterocycles. The summed E-state index contributed by atoms with van der Waals surface area (Å²) in [5, 5.41) is 0.704. The van der Waals surface area contributed by atoms with Crippen LogP contribution in [0.1, 0.15) is 11.1 Å². The number of ether oxygens (including phenoxy) is 1. The fraction of sp³-hybridized carbons (Fsp3) is 0.143. The van der Waals surface area contributed by atoms with E-state index < -0.39 is 0 Å². The summed E-state index contributed by atoms with van der Waals surface area (Å²) in [6.07, 6.45) is 0. The molecule has 0 unspecified atom stereocenters. The minimum Gasteiger partial charge on any atom is -0.489 e. The summed E-state index contributed by atoms with van der Waals surface area (Å²) in [7, 11) is 0. The molecule has 18 heavy (non-hydrogen) atoms. The molecule has 0 aromatic heterocycles. The molecule has 2 rings (SSSR count). The van der Waals surface area contributed by atoms with Crippen molar-refractivity contribution < 1.29 is 9.13 Å². The van der Waals surface area contributed by atoms with Crippen LogP contribution in [0.2, 0.25) is 5.02 Å². The van der Waals surface area contributed by atoms with Crippen molar-refractivity contribution in [3.05, 3.63) is 62.8 Å². The molecule has 0 aliphatic heterocycles. The van der Waals surface area contributed by atoms with E-state index in [9.17, 15) is 4.39 Å². The monoisotopic (exact) mass is 328 g/mol. The Labute approximate surface area is 119 Å². The third-order valence-corrected chi connectivity index (χ3v) is 3.34. The van der Waals surface area contributed by atoms with Crippen LogP contribution in [0, 0.1) is 12.7 Å². The third kappa shape index (κ3) is 3.47. The summed E-state index contributed by atoms with van der Waals surface area (Å²) in [5.41, 5.74) is 1.73. The standard InChI is InChI=1S/C14H11BrClFO/c1-9-4-13(2-3-14(9)16)18-8-10-5-11(15)7-12(17)6-10/h2-7H,8H2,1H3. The van der Waals surface area contributed by atoms with Crippen LogP contribution in [0.5, 0.6) is 5.75 Å². The number of hydrogen-bond acceptors (Lipinski definition) is 1. The first-order chi connectivity index (χ1) is 8.54. The van der Waals surface area contributed by atoms with E-state index in [1.807, 2.05) is 19.1 Å². The third-order valence-electron chi connectivity index (χ3n) is 2.46. The SMILES string of the molecule is Cc1cc(OCc2cc(F)cc(Br)c2)ccc1Cl. The Hall–Kier alpha value is -1.06. The highest BCUT2D eigenvalue weighted by Gasteiger charge is 2.02. The normalized spacial score (nSPS) is 10.4. The molecule has 0 aliphatic carbocycles. The van der Waals surface area contributed by atoms with Gasteiger partial charge in [-0.2, -0.15) is 0 Å². The maximum absolute atomic E-state index is 13.2. The Morgan fingerprint density at radius 2 is 2.00 bits per heavy atom. The summed E-state index contributed by atoms with van der Waals surface area (Å²) >= 11 is 9.18. The van der Waals surface area contributed by atoms with Gasteiger partial charge in [0.1, 0.15) is 18.2 Å². The highest BCUT2D eigenvalue weighted by molar-refractivity contribution is 9.10. The van der Waals surface area contributed by atoms with Crippen LogP contribution in [0.3, 0.4) is 0 Å². The number of rotatable bonds is 3. The first kappa shape index (κ1) is 13.4. The molecule has 0 amide bonds. The quantitative estimate of drug-likeness (QED) is 0.758. The lowest BCUT2D eigenvalue weighted by atomic mass is 10.2. The van der Waals surface area contributed by atoms with Crippen molar-refractivity contribution in [3.8, 4) is 5.75 Å². The lowest BCUT2D eigenvalue weighted by Crippen LogP contribution is -1.96. The van der Waals surface area contributed by atoms with Crippen molar-refractivity contribution in [1.82, 2.24) is 0 Å². The first-order valence-corrected chi connectivity index (χ1v) is 6.55. The molecule has 0 saturated carbocycles. The Morgan fingerprint density at radius 3 is 2.67 bits per heavy atom. The fourth-order valence-electron chi connectivity index (χ4n) is 1.57. The number of hydrogen-bond donors (Lipinski definition) is 0. The van der Waals surface area contributed by atoms with Gasteiger partial charge < -0.3 is 4.74 Å². The Kier molecular flexibility index (Phi) is 4.25. The van der Waals surface area contributed by atoms with E-state index in [1.165, 1.54) is 12.1 Å². The second-order valence-electron chi connectivity index (χ2n) is 3.98. The Balaban J connectivity index is 2.08. The fourth-order valence-corrected chi connectivity index (χ4v) is 2.20. The highest BCUT2D eigenvalue weighted by Crippen LogP contribution is 2.22. The smallest absolute Gasteiger partial charge is 0.124 e. The van der Waals surface area contributed by atoms with Crippen molar-refractivity contribution in [2.45, 2.75) is 13.5 Å². The van der Waals surface area contributed by atoms with Crippen LogP contribution in [0.25, 0.3) is 0 Å². The van der Waals surface area contributed by atoms with E-state index >= 15 is 0 Å². The first-order valence-electron chi connectivity index (χ1n) is 5.38. The van der Waals surface area contributed by atoms with Crippen molar-refractivity contribution in [1.29, 1.82) is 0 Å². The minimum atomic E-state index is -0.282. The van der Waals surface area contributed by atoms with Gasteiger partial charge in [0.15, 0.2) is 0 Å². The van der Waals surface area contributed by atoms with Crippen LogP contribution in [-0.2, 0) is 6.61 Å². The second-order valence-corrected chi connectivity index (χ2v) is 5.30. The maximum atomic E-state index is 13.2. The summed E-state index contributed by atoms with van der Waals surface area (Å²) in [4.78, 5) is 0. The molecule has 2 aromatic carbocycles. The van der Waals surface area contributed by atoms with Gasteiger partial charge in [0.2, 0.25) is 0 Å². The van der Waals surface area contributed by atoms with Crippen molar-refractivity contribution in [3.63, 3.8) is 0 Å². The van der Waals surface area contributed by atoms with E-state index in [1.54, 1.807) is 12.1 Å². The molecule has 2 aromatic rings. The summed E-state index contributed by atoms with van der Waals surface area (Å²) in [6.45, 7) is 2.23. The Morgan fingerprint density at radius 1 is 1.22 bits per heavy atom. The van der Waals surface area contributed by atoms with Crippen molar-refractivity contribution in [2.75, 3.05) is 0 Å². The maximum Gasteiger partial charge on any atom is 0.124 e. The van der Waals surface area contributed by atoms with Gasteiger partial charge in [-0.15, -0.1) is 0 Å². The van der Waals surface area contributed by atoms with E-state index in [2.05, 4.69) is 15.9 Å². The highest BCUT2D eigenvalue weighted by atomic mass is 79.9. The summed E-state index contributed by atoms with van der Waals surface area (Å²) in [5.74, 6) is 0.438. The Bertz CT molecular complexity index is 551. The van der Waals surface area contributed by atoms with Gasteiger partial charge in [0.25, 0.3) is 0 Å². The topological polar surface area (TPSA) is 9.23 Å². The zero-order valence-corrected chi connectivity index (χ0v) is 12.1. The molecule has 0 spiro atoms. The zero-order chi connectivity index (χ0) is 13.1. The van der Waals surface area contributed by atoms with Crippen LogP contribution in [0.4, 0.5) is 4.39 Å². The van der Waals surface area contributed by atoms with Gasteiger partial charge >= 0.3 is 0 Å². The summed E-state index contributed by atoms with van der Waals surface area (Å²) < 4.78 is 19.5. The molecule has 94 valence electrons. The average molecular weight is 330 g/mol. The molecular weight excluding hydrogens is 319 g/mol. The predicted octanol–water partition coefficient (Wildman–Crippen LogP) is 5.13. The van der Waals surface area contributed by atoms with Crippen LogP contribution in [0.15, 0.2) is 40.9 Å². The van der Waals surface area contributed by atoms with Crippen LogP contribution >= 0.6 is 27.5 Å². The van der Waals surface area contributed by atoms with Crippen molar-refractivity contribution >= 4 is 27.5 Å². The number of aryl methyl sites for hydroxylation is 1. The van der Waals surface area contributed by atoms with Gasteiger partial charge in [-0.25, -0.2) is 4.39 Å². The lowest BCUT2D eigenvalue weighted by Gasteiger charge is -2.08.